The van der Waals surface area contributed by atoms with Crippen molar-refractivity contribution in [1.82, 2.24) is 14.5 Å². The maximum atomic E-state index is 13.0. The predicted octanol–water partition coefficient (Wildman–Crippen LogP) is 2.52. The van der Waals surface area contributed by atoms with Gasteiger partial charge < -0.3 is 10.5 Å². The lowest BCUT2D eigenvalue weighted by atomic mass is 9.98. The zero-order chi connectivity index (χ0) is 21.9. The van der Waals surface area contributed by atoms with Crippen LogP contribution in [0.5, 0.6) is 5.75 Å². The van der Waals surface area contributed by atoms with Gasteiger partial charge in [0.1, 0.15) is 11.4 Å². The van der Waals surface area contributed by atoms with Crippen molar-refractivity contribution in [3.8, 4) is 5.75 Å². The number of carbonyl (C=O) groups excluding carboxylic acids is 1. The van der Waals surface area contributed by atoms with E-state index in [2.05, 4.69) is 10.2 Å². The molecule has 30 heavy (non-hydrogen) atoms. The highest BCUT2D eigenvalue weighted by molar-refractivity contribution is 7.89. The van der Waals surface area contributed by atoms with Crippen LogP contribution in [0.4, 0.5) is 0 Å². The molecule has 0 saturated heterocycles. The second-order valence-electron chi connectivity index (χ2n) is 6.53. The zero-order valence-corrected chi connectivity index (χ0v) is 17.9. The van der Waals surface area contributed by atoms with Crippen LogP contribution in [0.2, 0.25) is 0 Å². The van der Waals surface area contributed by atoms with Gasteiger partial charge in [0.25, 0.3) is 0 Å². The number of carbonyl (C=O) groups is 1. The monoisotopic (exact) mass is 428 g/mol. The SMILES string of the molecule is CCN(CC)S(=O)(=O)c1ccc(OC)c(C(=CC(N)=O)c2n[nH]c3ccccc23)c1. The second kappa shape index (κ2) is 8.68. The fourth-order valence-electron chi connectivity index (χ4n) is 3.36. The van der Waals surface area contributed by atoms with Crippen LogP contribution in [0.25, 0.3) is 16.5 Å². The van der Waals surface area contributed by atoms with Crippen LogP contribution in [0.1, 0.15) is 25.1 Å². The van der Waals surface area contributed by atoms with E-state index >= 15 is 0 Å². The van der Waals surface area contributed by atoms with Crippen LogP contribution in [0.3, 0.4) is 0 Å². The topological polar surface area (TPSA) is 118 Å². The number of para-hydroxylation sites is 1. The van der Waals surface area contributed by atoms with E-state index < -0.39 is 15.9 Å². The minimum Gasteiger partial charge on any atom is -0.496 e. The lowest BCUT2D eigenvalue weighted by Crippen LogP contribution is -2.30. The summed E-state index contributed by atoms with van der Waals surface area (Å²) in [6.45, 7) is 4.24. The van der Waals surface area contributed by atoms with Crippen LogP contribution < -0.4 is 10.5 Å². The van der Waals surface area contributed by atoms with Crippen molar-refractivity contribution in [3.05, 3.63) is 59.8 Å². The van der Waals surface area contributed by atoms with Gasteiger partial charge in [0.2, 0.25) is 15.9 Å². The van der Waals surface area contributed by atoms with Crippen molar-refractivity contribution >= 4 is 32.4 Å². The molecule has 1 heterocycles. The maximum Gasteiger partial charge on any atom is 0.243 e. The van der Waals surface area contributed by atoms with Gasteiger partial charge >= 0.3 is 0 Å². The summed E-state index contributed by atoms with van der Waals surface area (Å²) in [4.78, 5) is 11.9. The van der Waals surface area contributed by atoms with E-state index in [1.54, 1.807) is 19.9 Å². The minimum absolute atomic E-state index is 0.0946. The molecule has 0 aliphatic heterocycles. The molecule has 1 aromatic heterocycles. The van der Waals surface area contributed by atoms with Crippen LogP contribution in [0, 0.1) is 0 Å². The fraction of sp³-hybridized carbons (Fsp3) is 0.238. The zero-order valence-electron chi connectivity index (χ0n) is 17.0. The van der Waals surface area contributed by atoms with Crippen molar-refractivity contribution in [2.24, 2.45) is 5.73 Å². The molecule has 0 fully saturated rings. The van der Waals surface area contributed by atoms with E-state index in [1.165, 1.54) is 29.6 Å². The van der Waals surface area contributed by atoms with Gasteiger partial charge in [0, 0.05) is 35.7 Å². The first-order valence-corrected chi connectivity index (χ1v) is 10.9. The van der Waals surface area contributed by atoms with E-state index in [0.29, 0.717) is 35.7 Å². The Morgan fingerprint density at radius 3 is 2.53 bits per heavy atom. The van der Waals surface area contributed by atoms with Crippen molar-refractivity contribution < 1.29 is 17.9 Å². The quantitative estimate of drug-likeness (QED) is 0.535. The van der Waals surface area contributed by atoms with E-state index in [0.717, 1.165) is 10.9 Å². The highest BCUT2D eigenvalue weighted by Gasteiger charge is 2.25. The number of benzene rings is 2. The molecule has 3 aromatic rings. The molecular formula is C21H24N4O4S. The van der Waals surface area contributed by atoms with Gasteiger partial charge in [0.15, 0.2) is 0 Å². The van der Waals surface area contributed by atoms with E-state index in [1.807, 2.05) is 24.3 Å². The summed E-state index contributed by atoms with van der Waals surface area (Å²) in [6, 6.07) is 12.0. The molecule has 3 rings (SSSR count). The molecule has 2 aromatic carbocycles. The number of fused-ring (bicyclic) bond motifs is 1. The lowest BCUT2D eigenvalue weighted by molar-refractivity contribution is -0.113. The molecule has 1 amide bonds. The normalized spacial score (nSPS) is 12.5. The van der Waals surface area contributed by atoms with Gasteiger partial charge in [-0.3, -0.25) is 9.89 Å². The maximum absolute atomic E-state index is 13.0. The van der Waals surface area contributed by atoms with Crippen LogP contribution >= 0.6 is 0 Å². The molecule has 8 nitrogen and oxygen atoms in total. The number of primary amides is 1. The smallest absolute Gasteiger partial charge is 0.243 e. The number of aromatic amines is 1. The van der Waals surface area contributed by atoms with Crippen LogP contribution in [0.15, 0.2) is 53.4 Å². The summed E-state index contributed by atoms with van der Waals surface area (Å²) >= 11 is 0. The molecule has 158 valence electrons. The Morgan fingerprint density at radius 2 is 1.90 bits per heavy atom. The molecule has 0 aliphatic carbocycles. The third kappa shape index (κ3) is 3.94. The molecular weight excluding hydrogens is 404 g/mol. The Labute approximate surface area is 175 Å². The molecule has 9 heteroatoms. The first kappa shape index (κ1) is 21.5. The third-order valence-electron chi connectivity index (χ3n) is 4.82. The van der Waals surface area contributed by atoms with E-state index in [-0.39, 0.29) is 4.90 Å². The molecule has 0 aliphatic rings. The number of methoxy groups -OCH3 is 1. The Bertz CT molecular complexity index is 1210. The number of nitrogens with zero attached hydrogens (tertiary/aromatic N) is 2. The van der Waals surface area contributed by atoms with Gasteiger partial charge in [-0.25, -0.2) is 8.42 Å². The molecule has 3 N–H and O–H groups in total. The largest absolute Gasteiger partial charge is 0.496 e. The number of sulfonamides is 1. The molecule has 0 atom stereocenters. The standard InChI is InChI=1S/C21H24N4O4S/c1-4-25(5-2)30(27,28)14-10-11-19(29-3)16(12-14)17(13-20(22)26)21-15-8-6-7-9-18(15)23-24-21/h6-13H,4-5H2,1-3H3,(H2,22,26)(H,23,24). The van der Waals surface area contributed by atoms with Crippen LogP contribution in [-0.4, -0.2) is 49.0 Å². The summed E-state index contributed by atoms with van der Waals surface area (Å²) in [6.07, 6.45) is 1.23. The second-order valence-corrected chi connectivity index (χ2v) is 8.47. The summed E-state index contributed by atoms with van der Waals surface area (Å²) in [5.41, 5.74) is 7.48. The summed E-state index contributed by atoms with van der Waals surface area (Å²) in [5.74, 6) is -0.288. The Hall–Kier alpha value is -3.17. The number of hydrogen-bond acceptors (Lipinski definition) is 5. The van der Waals surface area contributed by atoms with Gasteiger partial charge in [-0.15, -0.1) is 0 Å². The van der Waals surface area contributed by atoms with Crippen LogP contribution in [-0.2, 0) is 14.8 Å². The average molecular weight is 429 g/mol. The molecule has 0 bridgehead atoms. The van der Waals surface area contributed by atoms with Crippen molar-refractivity contribution in [2.45, 2.75) is 18.7 Å². The van der Waals surface area contributed by atoms with Gasteiger partial charge in [-0.1, -0.05) is 32.0 Å². The van der Waals surface area contributed by atoms with Gasteiger partial charge in [0.05, 0.1) is 17.5 Å². The number of hydrogen-bond donors (Lipinski definition) is 2. The van der Waals surface area contributed by atoms with Crippen molar-refractivity contribution in [2.75, 3.05) is 20.2 Å². The number of aromatic nitrogens is 2. The Kier molecular flexibility index (Phi) is 6.23. The van der Waals surface area contributed by atoms with Crippen molar-refractivity contribution in [3.63, 3.8) is 0 Å². The number of H-pyrrole nitrogens is 1. The van der Waals surface area contributed by atoms with Crippen molar-refractivity contribution in [1.29, 1.82) is 0 Å². The third-order valence-corrected chi connectivity index (χ3v) is 6.86. The lowest BCUT2D eigenvalue weighted by Gasteiger charge is -2.20. The summed E-state index contributed by atoms with van der Waals surface area (Å²) in [5, 5.41) is 8.03. The van der Waals surface area contributed by atoms with E-state index in [9.17, 15) is 13.2 Å². The molecule has 0 radical (unpaired) electrons. The Balaban J connectivity index is 2.28. The fourth-order valence-corrected chi connectivity index (χ4v) is 4.84. The first-order valence-electron chi connectivity index (χ1n) is 9.46. The minimum atomic E-state index is -3.72. The number of rotatable bonds is 8. The predicted molar refractivity (Wildman–Crippen MR) is 115 cm³/mol. The summed E-state index contributed by atoms with van der Waals surface area (Å²) in [7, 11) is -2.24. The van der Waals surface area contributed by atoms with Gasteiger partial charge in [-0.05, 0) is 24.3 Å². The molecule has 0 unspecified atom stereocenters. The highest BCUT2D eigenvalue weighted by Crippen LogP contribution is 2.35. The highest BCUT2D eigenvalue weighted by atomic mass is 32.2. The first-order chi connectivity index (χ1) is 14.3. The number of ether oxygens (including phenoxy) is 1. The van der Waals surface area contributed by atoms with E-state index in [4.69, 9.17) is 10.5 Å². The number of amides is 1. The molecule has 0 spiro atoms. The number of nitrogens with one attached hydrogen (secondary N) is 1. The average Bonchev–Trinajstić information content (AvgIpc) is 3.16. The summed E-state index contributed by atoms with van der Waals surface area (Å²) < 4.78 is 32.9. The van der Waals surface area contributed by atoms with Gasteiger partial charge in [-0.2, -0.15) is 9.40 Å². The molecule has 0 saturated carbocycles. The number of nitrogens with two attached hydrogens (primary N) is 1. The Morgan fingerprint density at radius 1 is 1.20 bits per heavy atom.